The van der Waals surface area contributed by atoms with Crippen molar-refractivity contribution in [3.05, 3.63) is 12.0 Å². The minimum Gasteiger partial charge on any atom is -0.479 e. The Morgan fingerprint density at radius 1 is 1.32 bits per heavy atom. The Bertz CT molecular complexity index is 408. The monoisotopic (exact) mass is 268 g/mol. The van der Waals surface area contributed by atoms with Crippen LogP contribution in [0.25, 0.3) is 0 Å². The first-order chi connectivity index (χ1) is 9.24. The molecule has 0 bridgehead atoms. The van der Waals surface area contributed by atoms with Crippen LogP contribution in [0.4, 0.5) is 10.3 Å². The van der Waals surface area contributed by atoms with E-state index in [4.69, 9.17) is 4.74 Å². The number of ether oxygens (including phenoxy) is 1. The zero-order valence-corrected chi connectivity index (χ0v) is 11.6. The molecule has 0 spiro atoms. The summed E-state index contributed by atoms with van der Waals surface area (Å²) >= 11 is 0. The minimum atomic E-state index is -0.521. The summed E-state index contributed by atoms with van der Waals surface area (Å²) in [6.45, 7) is 7.11. The lowest BCUT2D eigenvalue weighted by molar-refractivity contribution is 0.252. The predicted molar refractivity (Wildman–Crippen MR) is 72.1 cm³/mol. The molecule has 6 heteroatoms. The van der Waals surface area contributed by atoms with Crippen LogP contribution in [0.1, 0.15) is 19.8 Å². The molecular weight excluding hydrogens is 247 g/mol. The van der Waals surface area contributed by atoms with Crippen LogP contribution in [-0.4, -0.2) is 54.7 Å². The van der Waals surface area contributed by atoms with E-state index < -0.39 is 5.82 Å². The number of piperazine rings is 1. The number of unbranched alkanes of at least 4 members (excludes halogenated alkanes) is 1. The van der Waals surface area contributed by atoms with Gasteiger partial charge >= 0.3 is 0 Å². The standard InChI is InChI=1S/C13H21FN4O/c1-3-4-5-17-6-8-18(9-7-17)13-15-10-11(14)12(16-13)19-2/h10H,3-9H2,1-2H3. The summed E-state index contributed by atoms with van der Waals surface area (Å²) in [6.07, 6.45) is 3.63. The number of methoxy groups -OCH3 is 1. The zero-order valence-electron chi connectivity index (χ0n) is 11.6. The lowest BCUT2D eigenvalue weighted by Gasteiger charge is -2.34. The Morgan fingerprint density at radius 3 is 2.68 bits per heavy atom. The average Bonchev–Trinajstić information content (AvgIpc) is 2.46. The van der Waals surface area contributed by atoms with Crippen molar-refractivity contribution in [3.63, 3.8) is 0 Å². The van der Waals surface area contributed by atoms with Gasteiger partial charge in [-0.05, 0) is 13.0 Å². The van der Waals surface area contributed by atoms with Gasteiger partial charge in [-0.2, -0.15) is 9.37 Å². The molecule has 106 valence electrons. The van der Waals surface area contributed by atoms with E-state index in [0.29, 0.717) is 5.95 Å². The second-order valence-corrected chi connectivity index (χ2v) is 4.71. The Morgan fingerprint density at radius 2 is 2.05 bits per heavy atom. The highest BCUT2D eigenvalue weighted by atomic mass is 19.1. The van der Waals surface area contributed by atoms with E-state index in [2.05, 4.69) is 26.7 Å². The molecule has 0 amide bonds. The van der Waals surface area contributed by atoms with E-state index in [0.717, 1.165) is 32.7 Å². The van der Waals surface area contributed by atoms with E-state index in [1.54, 1.807) is 0 Å². The highest BCUT2D eigenvalue weighted by molar-refractivity contribution is 5.33. The van der Waals surface area contributed by atoms with Crippen LogP contribution in [0.15, 0.2) is 6.20 Å². The van der Waals surface area contributed by atoms with Crippen molar-refractivity contribution in [2.45, 2.75) is 19.8 Å². The summed E-state index contributed by atoms with van der Waals surface area (Å²) in [4.78, 5) is 12.7. The molecule has 1 aromatic heterocycles. The van der Waals surface area contributed by atoms with Crippen LogP contribution in [0, 0.1) is 5.82 Å². The number of anilines is 1. The topological polar surface area (TPSA) is 41.5 Å². The largest absolute Gasteiger partial charge is 0.479 e. The maximum Gasteiger partial charge on any atom is 0.255 e. The summed E-state index contributed by atoms with van der Waals surface area (Å²) < 4.78 is 18.1. The quantitative estimate of drug-likeness (QED) is 0.810. The molecule has 2 rings (SSSR count). The van der Waals surface area contributed by atoms with E-state index in [1.165, 1.54) is 26.1 Å². The second kappa shape index (κ2) is 6.65. The number of rotatable bonds is 5. The molecule has 1 aliphatic rings. The van der Waals surface area contributed by atoms with Crippen LogP contribution < -0.4 is 9.64 Å². The third-order valence-corrected chi connectivity index (χ3v) is 3.38. The Hall–Kier alpha value is -1.43. The van der Waals surface area contributed by atoms with Crippen LogP contribution >= 0.6 is 0 Å². The number of hydrogen-bond donors (Lipinski definition) is 0. The normalized spacial score (nSPS) is 16.7. The van der Waals surface area contributed by atoms with Crippen molar-refractivity contribution in [2.24, 2.45) is 0 Å². The SMILES string of the molecule is CCCCN1CCN(c2ncc(F)c(OC)n2)CC1. The fourth-order valence-corrected chi connectivity index (χ4v) is 2.19. The smallest absolute Gasteiger partial charge is 0.255 e. The third-order valence-electron chi connectivity index (χ3n) is 3.38. The van der Waals surface area contributed by atoms with Crippen LogP contribution in [0.3, 0.4) is 0 Å². The molecule has 0 aromatic carbocycles. The summed E-state index contributed by atoms with van der Waals surface area (Å²) in [5.74, 6) is 0.0413. The van der Waals surface area contributed by atoms with Gasteiger partial charge in [0.25, 0.3) is 5.88 Å². The molecule has 0 atom stereocenters. The molecule has 1 aliphatic heterocycles. The molecule has 1 fully saturated rings. The summed E-state index contributed by atoms with van der Waals surface area (Å²) in [5.41, 5.74) is 0. The van der Waals surface area contributed by atoms with Gasteiger partial charge in [-0.25, -0.2) is 4.98 Å². The van der Waals surface area contributed by atoms with Gasteiger partial charge in [0.1, 0.15) is 0 Å². The van der Waals surface area contributed by atoms with Crippen molar-refractivity contribution in [1.82, 2.24) is 14.9 Å². The molecule has 1 saturated heterocycles. The van der Waals surface area contributed by atoms with Crippen LogP contribution in [-0.2, 0) is 0 Å². The van der Waals surface area contributed by atoms with E-state index in [9.17, 15) is 4.39 Å². The molecule has 0 unspecified atom stereocenters. The van der Waals surface area contributed by atoms with E-state index >= 15 is 0 Å². The first-order valence-corrected chi connectivity index (χ1v) is 6.78. The van der Waals surface area contributed by atoms with Gasteiger partial charge in [0.2, 0.25) is 11.8 Å². The molecule has 0 aliphatic carbocycles. The van der Waals surface area contributed by atoms with Gasteiger partial charge < -0.3 is 9.64 Å². The van der Waals surface area contributed by atoms with Gasteiger partial charge in [0.15, 0.2) is 0 Å². The molecule has 0 N–H and O–H groups in total. The number of hydrogen-bond acceptors (Lipinski definition) is 5. The van der Waals surface area contributed by atoms with Crippen LogP contribution in [0.5, 0.6) is 5.88 Å². The van der Waals surface area contributed by atoms with Gasteiger partial charge in [0, 0.05) is 26.2 Å². The predicted octanol–water partition coefficient (Wildman–Crippen LogP) is 1.55. The number of aromatic nitrogens is 2. The van der Waals surface area contributed by atoms with Crippen molar-refractivity contribution in [1.29, 1.82) is 0 Å². The molecule has 2 heterocycles. The van der Waals surface area contributed by atoms with Gasteiger partial charge in [0.05, 0.1) is 13.3 Å². The lowest BCUT2D eigenvalue weighted by Crippen LogP contribution is -2.47. The number of halogens is 1. The van der Waals surface area contributed by atoms with Gasteiger partial charge in [-0.3, -0.25) is 4.90 Å². The highest BCUT2D eigenvalue weighted by Gasteiger charge is 2.19. The molecule has 19 heavy (non-hydrogen) atoms. The molecule has 0 saturated carbocycles. The van der Waals surface area contributed by atoms with Crippen LogP contribution in [0.2, 0.25) is 0 Å². The average molecular weight is 268 g/mol. The summed E-state index contributed by atoms with van der Waals surface area (Å²) in [6, 6.07) is 0. The first-order valence-electron chi connectivity index (χ1n) is 6.78. The third kappa shape index (κ3) is 3.53. The summed E-state index contributed by atoms with van der Waals surface area (Å²) in [7, 11) is 1.41. The maximum absolute atomic E-state index is 13.3. The van der Waals surface area contributed by atoms with Gasteiger partial charge in [-0.15, -0.1) is 0 Å². The lowest BCUT2D eigenvalue weighted by atomic mass is 10.2. The fraction of sp³-hybridized carbons (Fsp3) is 0.692. The van der Waals surface area contributed by atoms with E-state index in [1.807, 2.05) is 0 Å². The van der Waals surface area contributed by atoms with E-state index in [-0.39, 0.29) is 5.88 Å². The molecule has 0 radical (unpaired) electrons. The van der Waals surface area contributed by atoms with Crippen molar-refractivity contribution in [2.75, 3.05) is 44.7 Å². The molecule has 1 aromatic rings. The van der Waals surface area contributed by atoms with Gasteiger partial charge in [-0.1, -0.05) is 13.3 Å². The number of nitrogens with zero attached hydrogens (tertiary/aromatic N) is 4. The Labute approximate surface area is 113 Å². The minimum absolute atomic E-state index is 0.0124. The fourth-order valence-electron chi connectivity index (χ4n) is 2.19. The second-order valence-electron chi connectivity index (χ2n) is 4.71. The molecular formula is C13H21FN4O. The molecule has 5 nitrogen and oxygen atoms in total. The van der Waals surface area contributed by atoms with Crippen molar-refractivity contribution < 1.29 is 9.13 Å². The Kier molecular flexibility index (Phi) is 4.90. The zero-order chi connectivity index (χ0) is 13.7. The van der Waals surface area contributed by atoms with Crippen molar-refractivity contribution in [3.8, 4) is 5.88 Å². The summed E-state index contributed by atoms with van der Waals surface area (Å²) in [5, 5.41) is 0. The highest BCUT2D eigenvalue weighted by Crippen LogP contribution is 2.17. The Balaban J connectivity index is 1.94. The first kappa shape index (κ1) is 14.0. The maximum atomic E-state index is 13.3. The van der Waals surface area contributed by atoms with Crippen molar-refractivity contribution >= 4 is 5.95 Å².